The van der Waals surface area contributed by atoms with E-state index in [0.717, 1.165) is 41.5 Å². The number of piperidine rings is 1. The topological polar surface area (TPSA) is 91.8 Å². The predicted octanol–water partition coefficient (Wildman–Crippen LogP) is 4.59. The van der Waals surface area contributed by atoms with Crippen LogP contribution in [0, 0.1) is 0 Å². The Kier molecular flexibility index (Phi) is 7.58. The molecule has 0 bridgehead atoms. The van der Waals surface area contributed by atoms with Crippen LogP contribution in [-0.4, -0.2) is 63.4 Å². The molecule has 39 heavy (non-hydrogen) atoms. The fourth-order valence-corrected chi connectivity index (χ4v) is 7.27. The highest BCUT2D eigenvalue weighted by atomic mass is 32.2. The number of carbonyl (C=O) groups is 1. The van der Waals surface area contributed by atoms with Crippen LogP contribution in [0.5, 0.6) is 0 Å². The molecule has 0 aromatic heterocycles. The van der Waals surface area contributed by atoms with E-state index in [0.29, 0.717) is 25.0 Å². The monoisotopic (exact) mass is 598 g/mol. The van der Waals surface area contributed by atoms with Crippen molar-refractivity contribution in [2.24, 2.45) is 0 Å². The van der Waals surface area contributed by atoms with E-state index in [-0.39, 0.29) is 25.9 Å². The molecule has 2 aliphatic rings. The second-order valence-corrected chi connectivity index (χ2v) is 13.5. The third-order valence-electron chi connectivity index (χ3n) is 6.71. The van der Waals surface area contributed by atoms with E-state index in [2.05, 4.69) is 0 Å². The Morgan fingerprint density at radius 1 is 0.821 bits per heavy atom. The van der Waals surface area contributed by atoms with Crippen LogP contribution < -0.4 is 0 Å². The van der Waals surface area contributed by atoms with Gasteiger partial charge in [-0.3, -0.25) is 4.79 Å². The first kappa shape index (κ1) is 29.3. The highest BCUT2D eigenvalue weighted by Crippen LogP contribution is 2.39. The normalized spacial score (nSPS) is 18.0. The molecule has 1 amide bonds. The second kappa shape index (κ2) is 10.1. The summed E-state index contributed by atoms with van der Waals surface area (Å²) in [6.07, 6.45) is -7.86. The van der Waals surface area contributed by atoms with Crippen molar-refractivity contribution in [2.75, 3.05) is 19.3 Å². The number of alkyl halides is 6. The molecule has 4 rings (SSSR count). The average Bonchev–Trinajstić information content (AvgIpc) is 3.67. The van der Waals surface area contributed by atoms with Crippen molar-refractivity contribution < 1.29 is 48.0 Å². The summed E-state index contributed by atoms with van der Waals surface area (Å²) in [6.45, 7) is -0.202. The summed E-state index contributed by atoms with van der Waals surface area (Å²) in [6, 6.07) is 4.47. The van der Waals surface area contributed by atoms with E-state index in [1.54, 1.807) is 0 Å². The van der Waals surface area contributed by atoms with Gasteiger partial charge in [-0.1, -0.05) is 6.07 Å². The first-order valence-electron chi connectivity index (χ1n) is 11.8. The standard InChI is InChI=1S/C24H24F6N2O5S2/c1-38(34,35)18-7-8-20(21(14-18)24(28,29)30)22(33)31-11-9-17(10-12-31)32(16-5-6-16)39(36,37)19-4-2-3-15(13-19)23(25,26)27/h2-4,7-8,13-14,16-17H,5-6,9-12H2,1H3. The van der Waals surface area contributed by atoms with Crippen molar-refractivity contribution in [3.63, 3.8) is 0 Å². The lowest BCUT2D eigenvalue weighted by molar-refractivity contribution is -0.138. The van der Waals surface area contributed by atoms with Crippen LogP contribution in [-0.2, 0) is 32.2 Å². The van der Waals surface area contributed by atoms with Crippen molar-refractivity contribution in [1.29, 1.82) is 0 Å². The van der Waals surface area contributed by atoms with Crippen molar-refractivity contribution >= 4 is 25.8 Å². The molecule has 1 heterocycles. The number of sulfone groups is 1. The number of carbonyl (C=O) groups excluding carboxylic acids is 1. The third kappa shape index (κ3) is 6.24. The minimum atomic E-state index is -5.01. The SMILES string of the molecule is CS(=O)(=O)c1ccc(C(=O)N2CCC(N(C3CC3)S(=O)(=O)c3cccc(C(F)(F)F)c3)CC2)c(C(F)(F)F)c1. The summed E-state index contributed by atoms with van der Waals surface area (Å²) >= 11 is 0. The molecule has 1 aliphatic carbocycles. The third-order valence-corrected chi connectivity index (χ3v) is 9.82. The summed E-state index contributed by atoms with van der Waals surface area (Å²) in [7, 11) is -8.30. The van der Waals surface area contributed by atoms with Gasteiger partial charge in [0, 0.05) is 31.4 Å². The fraction of sp³-hybridized carbons (Fsp3) is 0.458. The van der Waals surface area contributed by atoms with Gasteiger partial charge in [0.2, 0.25) is 10.0 Å². The van der Waals surface area contributed by atoms with E-state index in [4.69, 9.17) is 0 Å². The zero-order valence-electron chi connectivity index (χ0n) is 20.5. The van der Waals surface area contributed by atoms with Crippen molar-refractivity contribution in [3.05, 3.63) is 59.2 Å². The number of sulfonamides is 1. The molecular weight excluding hydrogens is 574 g/mol. The van der Waals surface area contributed by atoms with E-state index < -0.39 is 76.7 Å². The molecule has 0 unspecified atom stereocenters. The second-order valence-electron chi connectivity index (χ2n) is 9.59. The van der Waals surface area contributed by atoms with Gasteiger partial charge in [-0.25, -0.2) is 16.8 Å². The molecule has 1 aliphatic heterocycles. The van der Waals surface area contributed by atoms with Crippen LogP contribution in [0.15, 0.2) is 52.3 Å². The summed E-state index contributed by atoms with van der Waals surface area (Å²) < 4.78 is 132. The maximum absolute atomic E-state index is 13.7. The van der Waals surface area contributed by atoms with E-state index in [1.165, 1.54) is 4.31 Å². The van der Waals surface area contributed by atoms with Crippen molar-refractivity contribution in [1.82, 2.24) is 9.21 Å². The lowest BCUT2D eigenvalue weighted by atomic mass is 10.0. The number of hydrogen-bond donors (Lipinski definition) is 0. The minimum Gasteiger partial charge on any atom is -0.339 e. The molecule has 0 atom stereocenters. The van der Waals surface area contributed by atoms with Gasteiger partial charge in [-0.15, -0.1) is 0 Å². The maximum Gasteiger partial charge on any atom is 0.417 e. The number of nitrogens with zero attached hydrogens (tertiary/aromatic N) is 2. The first-order valence-corrected chi connectivity index (χ1v) is 15.2. The lowest BCUT2D eigenvalue weighted by Gasteiger charge is -2.38. The maximum atomic E-state index is 13.7. The quantitative estimate of drug-likeness (QED) is 0.454. The molecule has 2 aromatic rings. The molecule has 2 aromatic carbocycles. The molecule has 0 radical (unpaired) electrons. The number of hydrogen-bond acceptors (Lipinski definition) is 5. The zero-order chi connectivity index (χ0) is 29.0. The van der Waals surface area contributed by atoms with Gasteiger partial charge in [0.1, 0.15) is 0 Å². The van der Waals surface area contributed by atoms with Gasteiger partial charge in [-0.2, -0.15) is 30.6 Å². The van der Waals surface area contributed by atoms with Gasteiger partial charge < -0.3 is 4.90 Å². The van der Waals surface area contributed by atoms with Crippen molar-refractivity contribution in [3.8, 4) is 0 Å². The summed E-state index contributed by atoms with van der Waals surface area (Å²) in [5, 5.41) is 0. The molecule has 15 heteroatoms. The minimum absolute atomic E-state index is 0.0587. The molecule has 0 N–H and O–H groups in total. The van der Waals surface area contributed by atoms with E-state index >= 15 is 0 Å². The number of benzene rings is 2. The summed E-state index contributed by atoms with van der Waals surface area (Å²) in [5.41, 5.74) is -3.24. The largest absolute Gasteiger partial charge is 0.417 e. The Bertz CT molecular complexity index is 1480. The predicted molar refractivity (Wildman–Crippen MR) is 127 cm³/mol. The Morgan fingerprint density at radius 3 is 1.92 bits per heavy atom. The molecular formula is C24H24F6N2O5S2. The molecule has 214 valence electrons. The Labute approximate surface area is 221 Å². The Hall–Kier alpha value is -2.65. The lowest BCUT2D eigenvalue weighted by Crippen LogP contribution is -2.49. The molecule has 7 nitrogen and oxygen atoms in total. The van der Waals surface area contributed by atoms with Gasteiger partial charge in [0.05, 0.1) is 26.5 Å². The van der Waals surface area contributed by atoms with Gasteiger partial charge in [0.25, 0.3) is 5.91 Å². The molecule has 2 fully saturated rings. The number of likely N-dealkylation sites (tertiary alicyclic amines) is 1. The Morgan fingerprint density at radius 2 is 1.41 bits per heavy atom. The van der Waals surface area contributed by atoms with E-state index in [1.807, 2.05) is 0 Å². The summed E-state index contributed by atoms with van der Waals surface area (Å²) in [4.78, 5) is 13.1. The number of rotatable bonds is 6. The number of amides is 1. The van der Waals surface area contributed by atoms with Crippen LogP contribution >= 0.6 is 0 Å². The molecule has 1 saturated carbocycles. The van der Waals surface area contributed by atoms with Crippen LogP contribution in [0.4, 0.5) is 26.3 Å². The van der Waals surface area contributed by atoms with Crippen LogP contribution in [0.2, 0.25) is 0 Å². The number of halogens is 6. The van der Waals surface area contributed by atoms with Gasteiger partial charge >= 0.3 is 12.4 Å². The van der Waals surface area contributed by atoms with Crippen LogP contribution in [0.25, 0.3) is 0 Å². The summed E-state index contributed by atoms with van der Waals surface area (Å²) in [5.74, 6) is -0.987. The molecule has 0 spiro atoms. The molecule has 1 saturated heterocycles. The van der Waals surface area contributed by atoms with E-state index in [9.17, 15) is 48.0 Å². The highest BCUT2D eigenvalue weighted by molar-refractivity contribution is 7.90. The average molecular weight is 599 g/mol. The zero-order valence-corrected chi connectivity index (χ0v) is 22.1. The fourth-order valence-electron chi connectivity index (χ4n) is 4.64. The van der Waals surface area contributed by atoms with Gasteiger partial charge in [0.15, 0.2) is 9.84 Å². The van der Waals surface area contributed by atoms with Crippen LogP contribution in [0.1, 0.15) is 47.2 Å². The van der Waals surface area contributed by atoms with Crippen LogP contribution in [0.3, 0.4) is 0 Å². The van der Waals surface area contributed by atoms with Crippen molar-refractivity contribution in [2.45, 2.75) is 59.9 Å². The first-order chi connectivity index (χ1) is 17.9. The smallest absolute Gasteiger partial charge is 0.339 e. The van der Waals surface area contributed by atoms with Gasteiger partial charge in [-0.05, 0) is 62.1 Å². The Balaban J connectivity index is 1.56. The highest BCUT2D eigenvalue weighted by Gasteiger charge is 2.45.